The Morgan fingerprint density at radius 2 is 2.11 bits per heavy atom. The van der Waals surface area contributed by atoms with E-state index in [0.717, 1.165) is 19.3 Å². The molecular formula is C13H20N2O3. The molecule has 0 aromatic rings. The minimum absolute atomic E-state index is 0.0815. The van der Waals surface area contributed by atoms with Crippen molar-refractivity contribution in [3.8, 4) is 6.07 Å². The van der Waals surface area contributed by atoms with E-state index >= 15 is 0 Å². The van der Waals surface area contributed by atoms with Gasteiger partial charge in [0.15, 0.2) is 0 Å². The first-order chi connectivity index (χ1) is 8.77. The highest BCUT2D eigenvalue weighted by molar-refractivity contribution is 5.85. The molecule has 0 aromatic heterocycles. The zero-order valence-corrected chi connectivity index (χ0v) is 10.6. The van der Waals surface area contributed by atoms with Gasteiger partial charge in [0.1, 0.15) is 5.41 Å². The molecule has 1 unspecified atom stereocenters. The topological polar surface area (TPSA) is 71.4 Å². The molecule has 1 saturated carbocycles. The number of amides is 1. The van der Waals surface area contributed by atoms with Crippen LogP contribution in [0, 0.1) is 16.7 Å². The molecule has 1 aliphatic carbocycles. The Labute approximate surface area is 107 Å². The number of rotatable bonds is 3. The van der Waals surface area contributed by atoms with Crippen LogP contribution in [0.1, 0.15) is 32.1 Å². The molecule has 0 bridgehead atoms. The van der Waals surface area contributed by atoms with Gasteiger partial charge in [0, 0.05) is 6.54 Å². The molecule has 2 rings (SSSR count). The van der Waals surface area contributed by atoms with Gasteiger partial charge in [-0.2, -0.15) is 5.26 Å². The third kappa shape index (κ3) is 3.01. The van der Waals surface area contributed by atoms with E-state index in [1.807, 2.05) is 0 Å². The van der Waals surface area contributed by atoms with Crippen LogP contribution in [0.2, 0.25) is 0 Å². The second-order valence-corrected chi connectivity index (χ2v) is 5.03. The fourth-order valence-electron chi connectivity index (χ4n) is 2.58. The lowest BCUT2D eigenvalue weighted by Crippen LogP contribution is -2.46. The van der Waals surface area contributed by atoms with Crippen LogP contribution in [-0.2, 0) is 14.3 Å². The summed E-state index contributed by atoms with van der Waals surface area (Å²) in [6.45, 7) is 2.14. The van der Waals surface area contributed by atoms with Crippen molar-refractivity contribution in [3.05, 3.63) is 0 Å². The van der Waals surface area contributed by atoms with Gasteiger partial charge in [-0.05, 0) is 12.8 Å². The SMILES string of the molecule is N#CC1(C(=O)NCC2COCCO2)CCCCC1. The third-order valence-corrected chi connectivity index (χ3v) is 3.73. The minimum atomic E-state index is -0.812. The zero-order chi connectivity index (χ0) is 12.8. The van der Waals surface area contributed by atoms with Crippen LogP contribution < -0.4 is 5.32 Å². The molecule has 1 heterocycles. The molecule has 5 nitrogen and oxygen atoms in total. The summed E-state index contributed by atoms with van der Waals surface area (Å²) in [5, 5.41) is 12.1. The number of carbonyl (C=O) groups is 1. The van der Waals surface area contributed by atoms with E-state index in [-0.39, 0.29) is 12.0 Å². The van der Waals surface area contributed by atoms with Gasteiger partial charge < -0.3 is 14.8 Å². The average Bonchev–Trinajstić information content (AvgIpc) is 2.46. The Morgan fingerprint density at radius 1 is 1.33 bits per heavy atom. The molecule has 0 spiro atoms. The Balaban J connectivity index is 1.84. The molecule has 1 amide bonds. The number of hydrogen-bond acceptors (Lipinski definition) is 4. The summed E-state index contributed by atoms with van der Waals surface area (Å²) < 4.78 is 10.7. The van der Waals surface area contributed by atoms with Gasteiger partial charge in [-0.25, -0.2) is 0 Å². The molecule has 18 heavy (non-hydrogen) atoms. The Hall–Kier alpha value is -1.12. The van der Waals surface area contributed by atoms with Crippen LogP contribution in [-0.4, -0.2) is 38.4 Å². The molecule has 2 fully saturated rings. The predicted molar refractivity (Wildman–Crippen MR) is 64.7 cm³/mol. The first-order valence-corrected chi connectivity index (χ1v) is 6.66. The largest absolute Gasteiger partial charge is 0.376 e. The molecule has 2 aliphatic rings. The van der Waals surface area contributed by atoms with Gasteiger partial charge >= 0.3 is 0 Å². The van der Waals surface area contributed by atoms with Gasteiger partial charge in [0.05, 0.1) is 32.0 Å². The number of hydrogen-bond donors (Lipinski definition) is 1. The van der Waals surface area contributed by atoms with E-state index in [9.17, 15) is 10.1 Å². The summed E-state index contributed by atoms with van der Waals surface area (Å²) >= 11 is 0. The van der Waals surface area contributed by atoms with Crippen molar-refractivity contribution in [2.75, 3.05) is 26.4 Å². The molecule has 100 valence electrons. The summed E-state index contributed by atoms with van der Waals surface area (Å²) in [6.07, 6.45) is 4.32. The van der Waals surface area contributed by atoms with Crippen LogP contribution in [0.25, 0.3) is 0 Å². The van der Waals surface area contributed by atoms with Crippen LogP contribution in [0.5, 0.6) is 0 Å². The number of nitriles is 1. The first-order valence-electron chi connectivity index (χ1n) is 6.66. The van der Waals surface area contributed by atoms with E-state index in [2.05, 4.69) is 11.4 Å². The van der Waals surface area contributed by atoms with E-state index in [0.29, 0.717) is 39.2 Å². The van der Waals surface area contributed by atoms with Gasteiger partial charge in [-0.1, -0.05) is 19.3 Å². The maximum absolute atomic E-state index is 12.2. The highest BCUT2D eigenvalue weighted by Crippen LogP contribution is 2.35. The van der Waals surface area contributed by atoms with Crippen LogP contribution in [0.15, 0.2) is 0 Å². The lowest BCUT2D eigenvalue weighted by molar-refractivity contribution is -0.132. The Kier molecular flexibility index (Phi) is 4.56. The van der Waals surface area contributed by atoms with Crippen LogP contribution >= 0.6 is 0 Å². The van der Waals surface area contributed by atoms with Crippen molar-refractivity contribution < 1.29 is 14.3 Å². The van der Waals surface area contributed by atoms with Crippen molar-refractivity contribution >= 4 is 5.91 Å². The normalized spacial score (nSPS) is 27.2. The quantitative estimate of drug-likeness (QED) is 0.813. The monoisotopic (exact) mass is 252 g/mol. The van der Waals surface area contributed by atoms with Crippen molar-refractivity contribution in [2.24, 2.45) is 5.41 Å². The first kappa shape index (κ1) is 13.3. The maximum Gasteiger partial charge on any atom is 0.240 e. The summed E-state index contributed by atoms with van der Waals surface area (Å²) in [7, 11) is 0. The van der Waals surface area contributed by atoms with E-state index in [1.165, 1.54) is 0 Å². The van der Waals surface area contributed by atoms with E-state index in [1.54, 1.807) is 0 Å². The smallest absolute Gasteiger partial charge is 0.240 e. The molecule has 1 aliphatic heterocycles. The minimum Gasteiger partial charge on any atom is -0.376 e. The molecular weight excluding hydrogens is 232 g/mol. The summed E-state index contributed by atoms with van der Waals surface area (Å²) in [5.74, 6) is -0.140. The van der Waals surface area contributed by atoms with Crippen molar-refractivity contribution in [2.45, 2.75) is 38.2 Å². The molecule has 1 atom stereocenters. The van der Waals surface area contributed by atoms with E-state index < -0.39 is 5.41 Å². The highest BCUT2D eigenvalue weighted by Gasteiger charge is 2.39. The fraction of sp³-hybridized carbons (Fsp3) is 0.846. The van der Waals surface area contributed by atoms with Gasteiger partial charge in [0.25, 0.3) is 0 Å². The standard InChI is InChI=1S/C13H20N2O3/c14-10-13(4-2-1-3-5-13)12(16)15-8-11-9-17-6-7-18-11/h11H,1-9H2,(H,15,16). The summed E-state index contributed by atoms with van der Waals surface area (Å²) in [5.41, 5.74) is -0.812. The van der Waals surface area contributed by atoms with Gasteiger partial charge in [0.2, 0.25) is 5.91 Å². The molecule has 0 radical (unpaired) electrons. The van der Waals surface area contributed by atoms with Gasteiger partial charge in [-0.3, -0.25) is 4.79 Å². The Morgan fingerprint density at radius 3 is 2.72 bits per heavy atom. The second-order valence-electron chi connectivity index (χ2n) is 5.03. The lowest BCUT2D eigenvalue weighted by atomic mass is 9.74. The highest BCUT2D eigenvalue weighted by atomic mass is 16.6. The van der Waals surface area contributed by atoms with Crippen LogP contribution in [0.3, 0.4) is 0 Å². The number of nitrogens with one attached hydrogen (secondary N) is 1. The predicted octanol–water partition coefficient (Wildman–Crippen LogP) is 0.992. The summed E-state index contributed by atoms with van der Waals surface area (Å²) in [4.78, 5) is 12.2. The average molecular weight is 252 g/mol. The van der Waals surface area contributed by atoms with Crippen molar-refractivity contribution in [1.29, 1.82) is 5.26 Å². The Bertz CT molecular complexity index is 326. The second kappa shape index (κ2) is 6.17. The number of nitrogens with zero attached hydrogens (tertiary/aromatic N) is 1. The maximum atomic E-state index is 12.2. The molecule has 1 N–H and O–H groups in total. The number of carbonyl (C=O) groups excluding carboxylic acids is 1. The molecule has 5 heteroatoms. The van der Waals surface area contributed by atoms with E-state index in [4.69, 9.17) is 9.47 Å². The number of ether oxygens (including phenoxy) is 2. The zero-order valence-electron chi connectivity index (χ0n) is 10.6. The third-order valence-electron chi connectivity index (χ3n) is 3.73. The van der Waals surface area contributed by atoms with Crippen molar-refractivity contribution in [3.63, 3.8) is 0 Å². The van der Waals surface area contributed by atoms with Crippen molar-refractivity contribution in [1.82, 2.24) is 5.32 Å². The molecule has 0 aromatic carbocycles. The lowest BCUT2D eigenvalue weighted by Gasteiger charge is -2.30. The molecule has 1 saturated heterocycles. The van der Waals surface area contributed by atoms with Gasteiger partial charge in [-0.15, -0.1) is 0 Å². The van der Waals surface area contributed by atoms with Crippen LogP contribution in [0.4, 0.5) is 0 Å². The summed E-state index contributed by atoms with van der Waals surface area (Å²) in [6, 6.07) is 2.22. The fourth-order valence-corrected chi connectivity index (χ4v) is 2.58.